The summed E-state index contributed by atoms with van der Waals surface area (Å²) in [7, 11) is 0. The first-order valence-corrected chi connectivity index (χ1v) is 5.45. The molecule has 0 spiro atoms. The molecule has 0 aromatic carbocycles. The number of pyridine rings is 1. The van der Waals surface area contributed by atoms with Crippen LogP contribution >= 0.6 is 0 Å². The number of unbranched alkanes of at least 4 members (excludes halogenated alkanes) is 1. The van der Waals surface area contributed by atoms with Crippen molar-refractivity contribution in [2.75, 3.05) is 13.1 Å². The smallest absolute Gasteiger partial charge is 0.269 e. The molecular weight excluding hydrogens is 218 g/mol. The van der Waals surface area contributed by atoms with Gasteiger partial charge in [-0.25, -0.2) is 0 Å². The number of aromatic nitrogens is 1. The average molecular weight is 235 g/mol. The van der Waals surface area contributed by atoms with Crippen molar-refractivity contribution in [2.45, 2.75) is 12.8 Å². The van der Waals surface area contributed by atoms with E-state index in [0.717, 1.165) is 12.8 Å². The van der Waals surface area contributed by atoms with Crippen LogP contribution in [0, 0.1) is 0 Å². The normalized spacial score (nSPS) is 9.65. The number of carbonyl (C=O) groups excluding carboxylic acids is 1. The first-order chi connectivity index (χ1) is 8.20. The minimum absolute atomic E-state index is 0.0996. The molecule has 0 radical (unpaired) electrons. The monoisotopic (exact) mass is 235 g/mol. The Bertz CT molecular complexity index is 373. The largest absolute Gasteiger partial charge is 0.370 e. The van der Waals surface area contributed by atoms with Gasteiger partial charge in [-0.3, -0.25) is 14.8 Å². The van der Waals surface area contributed by atoms with Crippen molar-refractivity contribution in [3.05, 3.63) is 30.1 Å². The highest BCUT2D eigenvalue weighted by Gasteiger charge is 2.03. The van der Waals surface area contributed by atoms with Crippen molar-refractivity contribution in [3.63, 3.8) is 0 Å². The lowest BCUT2D eigenvalue weighted by Crippen LogP contribution is -2.25. The number of nitrogens with zero attached hydrogens (tertiary/aromatic N) is 2. The summed E-state index contributed by atoms with van der Waals surface area (Å²) >= 11 is 0. The maximum absolute atomic E-state index is 11.5. The molecule has 92 valence electrons. The Balaban J connectivity index is 2.15. The van der Waals surface area contributed by atoms with E-state index in [1.54, 1.807) is 24.4 Å². The third-order valence-corrected chi connectivity index (χ3v) is 2.06. The highest BCUT2D eigenvalue weighted by Crippen LogP contribution is 1.93. The van der Waals surface area contributed by atoms with E-state index in [4.69, 9.17) is 11.5 Å². The van der Waals surface area contributed by atoms with Crippen LogP contribution in [0.15, 0.2) is 29.4 Å². The molecule has 0 aliphatic rings. The van der Waals surface area contributed by atoms with Gasteiger partial charge in [-0.2, -0.15) is 0 Å². The van der Waals surface area contributed by atoms with Crippen molar-refractivity contribution in [3.8, 4) is 0 Å². The standard InChI is InChI=1S/C11H17N5O/c12-11(13)16-8-4-3-7-15-10(17)9-5-1-2-6-14-9/h1-2,5-6H,3-4,7-8H2,(H,15,17)(H4,12,13,16). The van der Waals surface area contributed by atoms with Gasteiger partial charge in [0.25, 0.3) is 5.91 Å². The van der Waals surface area contributed by atoms with E-state index >= 15 is 0 Å². The fourth-order valence-electron chi connectivity index (χ4n) is 1.23. The predicted octanol–water partition coefficient (Wildman–Crippen LogP) is -0.135. The van der Waals surface area contributed by atoms with Crippen molar-refractivity contribution in [2.24, 2.45) is 16.5 Å². The molecule has 1 heterocycles. The summed E-state index contributed by atoms with van der Waals surface area (Å²) in [6.07, 6.45) is 3.25. The van der Waals surface area contributed by atoms with Gasteiger partial charge in [0, 0.05) is 19.3 Å². The molecule has 0 saturated heterocycles. The molecule has 0 aliphatic heterocycles. The van der Waals surface area contributed by atoms with Crippen molar-refractivity contribution in [1.29, 1.82) is 0 Å². The van der Waals surface area contributed by atoms with Crippen LogP contribution in [0.4, 0.5) is 0 Å². The van der Waals surface area contributed by atoms with E-state index in [9.17, 15) is 4.79 Å². The Labute approximate surface area is 100 Å². The molecule has 0 saturated carbocycles. The molecule has 0 fully saturated rings. The first kappa shape index (κ1) is 13.0. The number of nitrogens with one attached hydrogen (secondary N) is 1. The van der Waals surface area contributed by atoms with Gasteiger partial charge in [0.1, 0.15) is 5.69 Å². The van der Waals surface area contributed by atoms with E-state index < -0.39 is 0 Å². The summed E-state index contributed by atoms with van der Waals surface area (Å²) in [6.45, 7) is 1.18. The number of hydrogen-bond donors (Lipinski definition) is 3. The van der Waals surface area contributed by atoms with Crippen LogP contribution in [0.5, 0.6) is 0 Å². The summed E-state index contributed by atoms with van der Waals surface area (Å²) in [5.74, 6) is -0.0602. The highest BCUT2D eigenvalue weighted by molar-refractivity contribution is 5.92. The molecule has 6 heteroatoms. The average Bonchev–Trinajstić information content (AvgIpc) is 2.34. The summed E-state index contributed by atoms with van der Waals surface area (Å²) in [4.78, 5) is 19.3. The van der Waals surface area contributed by atoms with Gasteiger partial charge in [0.15, 0.2) is 5.96 Å². The van der Waals surface area contributed by atoms with E-state index in [0.29, 0.717) is 18.8 Å². The van der Waals surface area contributed by atoms with Crippen molar-refractivity contribution >= 4 is 11.9 Å². The van der Waals surface area contributed by atoms with Gasteiger partial charge >= 0.3 is 0 Å². The number of carbonyl (C=O) groups is 1. The third-order valence-electron chi connectivity index (χ3n) is 2.06. The number of guanidine groups is 1. The van der Waals surface area contributed by atoms with Gasteiger partial charge in [-0.1, -0.05) is 6.07 Å². The second-order valence-corrected chi connectivity index (χ2v) is 3.48. The summed E-state index contributed by atoms with van der Waals surface area (Å²) < 4.78 is 0. The number of aliphatic imine (C=N–C) groups is 1. The number of amides is 1. The Morgan fingerprint density at radius 2 is 2.18 bits per heavy atom. The molecule has 5 N–H and O–H groups in total. The molecule has 6 nitrogen and oxygen atoms in total. The molecule has 0 aliphatic carbocycles. The predicted molar refractivity (Wildman–Crippen MR) is 66.5 cm³/mol. The maximum Gasteiger partial charge on any atom is 0.269 e. The van der Waals surface area contributed by atoms with Gasteiger partial charge < -0.3 is 16.8 Å². The first-order valence-electron chi connectivity index (χ1n) is 5.45. The minimum atomic E-state index is -0.160. The van der Waals surface area contributed by atoms with E-state index in [1.165, 1.54) is 0 Å². The van der Waals surface area contributed by atoms with Crippen LogP contribution in [-0.2, 0) is 0 Å². The SMILES string of the molecule is NC(N)=NCCCCNC(=O)c1ccccn1. The zero-order valence-electron chi connectivity index (χ0n) is 9.60. The molecular formula is C11H17N5O. The van der Waals surface area contributed by atoms with Crippen LogP contribution < -0.4 is 16.8 Å². The molecule has 1 aromatic heterocycles. The van der Waals surface area contributed by atoms with Crippen LogP contribution in [-0.4, -0.2) is 29.9 Å². The maximum atomic E-state index is 11.5. The van der Waals surface area contributed by atoms with Crippen LogP contribution in [0.25, 0.3) is 0 Å². The summed E-state index contributed by atoms with van der Waals surface area (Å²) in [5.41, 5.74) is 10.8. The van der Waals surface area contributed by atoms with E-state index in [1.807, 2.05) is 0 Å². The molecule has 0 unspecified atom stereocenters. The summed E-state index contributed by atoms with van der Waals surface area (Å²) in [6, 6.07) is 5.22. The fraction of sp³-hybridized carbons (Fsp3) is 0.364. The van der Waals surface area contributed by atoms with E-state index in [-0.39, 0.29) is 11.9 Å². The van der Waals surface area contributed by atoms with E-state index in [2.05, 4.69) is 15.3 Å². The highest BCUT2D eigenvalue weighted by atomic mass is 16.1. The van der Waals surface area contributed by atoms with Gasteiger partial charge in [-0.05, 0) is 25.0 Å². The number of hydrogen-bond acceptors (Lipinski definition) is 3. The Hall–Kier alpha value is -2.11. The minimum Gasteiger partial charge on any atom is -0.370 e. The molecule has 17 heavy (non-hydrogen) atoms. The quantitative estimate of drug-likeness (QED) is 0.362. The lowest BCUT2D eigenvalue weighted by atomic mass is 10.3. The molecule has 0 atom stereocenters. The van der Waals surface area contributed by atoms with Crippen LogP contribution in [0.3, 0.4) is 0 Å². The van der Waals surface area contributed by atoms with Gasteiger partial charge in [0.2, 0.25) is 0 Å². The Morgan fingerprint density at radius 3 is 2.82 bits per heavy atom. The lowest BCUT2D eigenvalue weighted by molar-refractivity contribution is 0.0948. The second kappa shape index (κ2) is 7.21. The summed E-state index contributed by atoms with van der Waals surface area (Å²) in [5, 5.41) is 2.77. The topological polar surface area (TPSA) is 106 Å². The van der Waals surface area contributed by atoms with Crippen LogP contribution in [0.1, 0.15) is 23.3 Å². The van der Waals surface area contributed by atoms with Gasteiger partial charge in [0.05, 0.1) is 0 Å². The zero-order valence-corrected chi connectivity index (χ0v) is 9.60. The number of rotatable bonds is 6. The van der Waals surface area contributed by atoms with Crippen LogP contribution in [0.2, 0.25) is 0 Å². The zero-order chi connectivity index (χ0) is 12.5. The van der Waals surface area contributed by atoms with Gasteiger partial charge in [-0.15, -0.1) is 0 Å². The van der Waals surface area contributed by atoms with Crippen molar-refractivity contribution < 1.29 is 4.79 Å². The molecule has 0 bridgehead atoms. The third kappa shape index (κ3) is 5.50. The van der Waals surface area contributed by atoms with Crippen molar-refractivity contribution in [1.82, 2.24) is 10.3 Å². The molecule has 1 rings (SSSR count). The lowest BCUT2D eigenvalue weighted by Gasteiger charge is -2.03. The Morgan fingerprint density at radius 1 is 1.35 bits per heavy atom. The Kier molecular flexibility index (Phi) is 5.50. The molecule has 1 aromatic rings. The fourth-order valence-corrected chi connectivity index (χ4v) is 1.23. The molecule has 1 amide bonds. The number of nitrogens with two attached hydrogens (primary N) is 2. The second-order valence-electron chi connectivity index (χ2n) is 3.48.